The van der Waals surface area contributed by atoms with Gasteiger partial charge < -0.3 is 4.74 Å². The number of aryl methyl sites for hydroxylation is 1. The molecule has 1 unspecified atom stereocenters. The van der Waals surface area contributed by atoms with Crippen LogP contribution in [-0.2, 0) is 23.0 Å². The quantitative estimate of drug-likeness (QED) is 0.773. The van der Waals surface area contributed by atoms with Crippen LogP contribution in [-0.4, -0.2) is 17.6 Å². The minimum absolute atomic E-state index is 0.153. The molecule has 0 aliphatic heterocycles. The molecule has 0 aromatic carbocycles. The summed E-state index contributed by atoms with van der Waals surface area (Å²) in [5.74, 6) is 0.422. The van der Waals surface area contributed by atoms with Gasteiger partial charge in [-0.3, -0.25) is 4.98 Å². The van der Waals surface area contributed by atoms with Crippen molar-refractivity contribution < 1.29 is 9.53 Å². The molecule has 0 fully saturated rings. The van der Waals surface area contributed by atoms with E-state index in [9.17, 15) is 4.79 Å². The predicted octanol–water partition coefficient (Wildman–Crippen LogP) is 3.68. The van der Waals surface area contributed by atoms with E-state index in [1.807, 2.05) is 13.0 Å². The zero-order valence-corrected chi connectivity index (χ0v) is 13.2. The third-order valence-electron chi connectivity index (χ3n) is 3.84. The summed E-state index contributed by atoms with van der Waals surface area (Å²) in [5.41, 5.74) is 3.75. The molecule has 0 amide bonds. The van der Waals surface area contributed by atoms with E-state index in [1.54, 1.807) is 0 Å². The van der Waals surface area contributed by atoms with Crippen molar-refractivity contribution in [2.24, 2.45) is 5.92 Å². The van der Waals surface area contributed by atoms with Gasteiger partial charge in [0.15, 0.2) is 0 Å². The van der Waals surface area contributed by atoms with Crippen LogP contribution in [0.5, 0.6) is 0 Å². The second-order valence-corrected chi connectivity index (χ2v) is 6.81. The zero-order valence-electron chi connectivity index (χ0n) is 13.2. The second kappa shape index (κ2) is 5.55. The van der Waals surface area contributed by atoms with E-state index in [0.717, 1.165) is 18.5 Å². The van der Waals surface area contributed by atoms with Gasteiger partial charge in [-0.05, 0) is 43.7 Å². The first-order chi connectivity index (χ1) is 9.32. The average molecular weight is 275 g/mol. The Morgan fingerprint density at radius 2 is 2.15 bits per heavy atom. The molecule has 1 heterocycles. The van der Waals surface area contributed by atoms with Crippen LogP contribution in [0.25, 0.3) is 0 Å². The fraction of sp³-hybridized carbons (Fsp3) is 0.647. The summed E-state index contributed by atoms with van der Waals surface area (Å²) in [7, 11) is 0. The summed E-state index contributed by atoms with van der Waals surface area (Å²) in [6.07, 6.45) is 3.21. The Balaban J connectivity index is 2.52. The van der Waals surface area contributed by atoms with Gasteiger partial charge in [0.1, 0.15) is 0 Å². The van der Waals surface area contributed by atoms with Crippen LogP contribution in [0.4, 0.5) is 0 Å². The van der Waals surface area contributed by atoms with Crippen molar-refractivity contribution in [3.05, 3.63) is 28.6 Å². The SMILES string of the molecule is CCOC(=O)c1cc2c(nc1C(C)(C)C)CCC(C)C2. The van der Waals surface area contributed by atoms with Gasteiger partial charge in [-0.15, -0.1) is 0 Å². The molecule has 0 N–H and O–H groups in total. The van der Waals surface area contributed by atoms with Crippen molar-refractivity contribution in [3.8, 4) is 0 Å². The second-order valence-electron chi connectivity index (χ2n) is 6.81. The van der Waals surface area contributed by atoms with Gasteiger partial charge >= 0.3 is 5.97 Å². The maximum absolute atomic E-state index is 12.2. The summed E-state index contributed by atoms with van der Waals surface area (Å²) in [6.45, 7) is 10.8. The lowest BCUT2D eigenvalue weighted by Crippen LogP contribution is -2.24. The Labute approximate surface area is 121 Å². The molecule has 0 radical (unpaired) electrons. The maximum atomic E-state index is 12.2. The molecule has 1 aromatic heterocycles. The highest BCUT2D eigenvalue weighted by molar-refractivity contribution is 5.91. The monoisotopic (exact) mass is 275 g/mol. The van der Waals surface area contributed by atoms with Crippen molar-refractivity contribution in [2.45, 2.75) is 59.3 Å². The minimum atomic E-state index is -0.244. The van der Waals surface area contributed by atoms with E-state index in [1.165, 1.54) is 17.7 Å². The molecule has 3 heteroatoms. The van der Waals surface area contributed by atoms with E-state index < -0.39 is 0 Å². The number of esters is 1. The van der Waals surface area contributed by atoms with Gasteiger partial charge in [0.25, 0.3) is 0 Å². The molecule has 1 atom stereocenters. The van der Waals surface area contributed by atoms with Gasteiger partial charge in [0.2, 0.25) is 0 Å². The molecule has 1 aliphatic rings. The number of nitrogens with zero attached hydrogens (tertiary/aromatic N) is 1. The smallest absolute Gasteiger partial charge is 0.340 e. The molecular weight excluding hydrogens is 250 g/mol. The maximum Gasteiger partial charge on any atom is 0.340 e. The number of carbonyl (C=O) groups excluding carboxylic acids is 1. The first kappa shape index (κ1) is 15.0. The number of hydrogen-bond acceptors (Lipinski definition) is 3. The Morgan fingerprint density at radius 1 is 1.45 bits per heavy atom. The van der Waals surface area contributed by atoms with E-state index in [0.29, 0.717) is 18.1 Å². The molecule has 1 aromatic rings. The Hall–Kier alpha value is -1.38. The highest BCUT2D eigenvalue weighted by atomic mass is 16.5. The minimum Gasteiger partial charge on any atom is -0.462 e. The van der Waals surface area contributed by atoms with Gasteiger partial charge in [-0.1, -0.05) is 27.7 Å². The first-order valence-electron chi connectivity index (χ1n) is 7.53. The highest BCUT2D eigenvalue weighted by Crippen LogP contribution is 2.31. The number of carbonyl (C=O) groups is 1. The molecule has 0 saturated heterocycles. The van der Waals surface area contributed by atoms with Crippen molar-refractivity contribution >= 4 is 5.97 Å². The van der Waals surface area contributed by atoms with Crippen molar-refractivity contribution in [2.75, 3.05) is 6.61 Å². The van der Waals surface area contributed by atoms with Crippen LogP contribution < -0.4 is 0 Å². The van der Waals surface area contributed by atoms with Crippen LogP contribution in [0.1, 0.15) is 68.3 Å². The first-order valence-corrected chi connectivity index (χ1v) is 7.53. The van der Waals surface area contributed by atoms with E-state index in [2.05, 4.69) is 27.7 Å². The Morgan fingerprint density at radius 3 is 2.75 bits per heavy atom. The molecule has 3 nitrogen and oxygen atoms in total. The predicted molar refractivity (Wildman–Crippen MR) is 80.1 cm³/mol. The molecule has 2 rings (SSSR count). The van der Waals surface area contributed by atoms with Gasteiger partial charge in [-0.2, -0.15) is 0 Å². The highest BCUT2D eigenvalue weighted by Gasteiger charge is 2.28. The molecule has 0 bridgehead atoms. The fourth-order valence-electron chi connectivity index (χ4n) is 2.78. The summed E-state index contributed by atoms with van der Waals surface area (Å²) in [5, 5.41) is 0. The topological polar surface area (TPSA) is 39.2 Å². The zero-order chi connectivity index (χ0) is 14.9. The van der Waals surface area contributed by atoms with Crippen LogP contribution in [0, 0.1) is 5.92 Å². The molecule has 20 heavy (non-hydrogen) atoms. The number of aromatic nitrogens is 1. The largest absolute Gasteiger partial charge is 0.462 e. The van der Waals surface area contributed by atoms with Crippen LogP contribution >= 0.6 is 0 Å². The molecule has 0 saturated carbocycles. The summed E-state index contributed by atoms with van der Waals surface area (Å²) >= 11 is 0. The number of fused-ring (bicyclic) bond motifs is 1. The lowest BCUT2D eigenvalue weighted by atomic mass is 9.83. The fourth-order valence-corrected chi connectivity index (χ4v) is 2.78. The van der Waals surface area contributed by atoms with E-state index >= 15 is 0 Å². The van der Waals surface area contributed by atoms with Crippen LogP contribution in [0.2, 0.25) is 0 Å². The molecular formula is C17H25NO2. The molecule has 1 aliphatic carbocycles. The number of pyridine rings is 1. The van der Waals surface area contributed by atoms with E-state index in [-0.39, 0.29) is 11.4 Å². The third kappa shape index (κ3) is 3.02. The van der Waals surface area contributed by atoms with Gasteiger partial charge in [0.05, 0.1) is 17.9 Å². The average Bonchev–Trinajstić information content (AvgIpc) is 2.36. The van der Waals surface area contributed by atoms with Crippen molar-refractivity contribution in [1.82, 2.24) is 4.98 Å². The van der Waals surface area contributed by atoms with Gasteiger partial charge in [0, 0.05) is 11.1 Å². The number of hydrogen-bond donors (Lipinski definition) is 0. The van der Waals surface area contributed by atoms with Crippen LogP contribution in [0.3, 0.4) is 0 Å². The van der Waals surface area contributed by atoms with E-state index in [4.69, 9.17) is 9.72 Å². The third-order valence-corrected chi connectivity index (χ3v) is 3.84. The summed E-state index contributed by atoms with van der Waals surface area (Å²) in [6, 6.07) is 2.02. The standard InChI is InChI=1S/C17H25NO2/c1-6-20-16(19)13-10-12-9-11(2)7-8-14(12)18-15(13)17(3,4)5/h10-11H,6-9H2,1-5H3. The Bertz CT molecular complexity index is 514. The number of rotatable bonds is 2. The molecule has 0 spiro atoms. The summed E-state index contributed by atoms with van der Waals surface area (Å²) in [4.78, 5) is 17.0. The van der Waals surface area contributed by atoms with Crippen LogP contribution in [0.15, 0.2) is 6.07 Å². The molecule has 110 valence electrons. The van der Waals surface area contributed by atoms with Crippen molar-refractivity contribution in [1.29, 1.82) is 0 Å². The van der Waals surface area contributed by atoms with Crippen molar-refractivity contribution in [3.63, 3.8) is 0 Å². The lowest BCUT2D eigenvalue weighted by Gasteiger charge is -2.26. The van der Waals surface area contributed by atoms with Gasteiger partial charge in [-0.25, -0.2) is 4.79 Å². The lowest BCUT2D eigenvalue weighted by molar-refractivity contribution is 0.0522. The summed E-state index contributed by atoms with van der Waals surface area (Å²) < 4.78 is 5.20. The Kier molecular flexibility index (Phi) is 4.17. The number of ether oxygens (including phenoxy) is 1. The normalized spacial score (nSPS) is 18.6.